The molecular formula is C66H98N10O14. The van der Waals surface area contributed by atoms with Crippen LogP contribution in [-0.2, 0) is 75.1 Å². The van der Waals surface area contributed by atoms with Gasteiger partial charge in [-0.25, -0.2) is 4.79 Å². The number of hydrogen-bond acceptors (Lipinski definition) is 15. The average molecular weight is 1260 g/mol. The Morgan fingerprint density at radius 2 is 1.26 bits per heavy atom. The summed E-state index contributed by atoms with van der Waals surface area (Å²) in [4.78, 5) is 128. The Hall–Kier alpha value is -7.51. The van der Waals surface area contributed by atoms with E-state index in [4.69, 9.17) is 23.7 Å². The maximum Gasteiger partial charge on any atom is 0.407 e. The predicted molar refractivity (Wildman–Crippen MR) is 338 cm³/mol. The largest absolute Gasteiger partial charge is 0.445 e. The van der Waals surface area contributed by atoms with Crippen molar-refractivity contribution in [2.45, 2.75) is 149 Å². The van der Waals surface area contributed by atoms with E-state index in [0.29, 0.717) is 63.2 Å². The molecule has 2 aliphatic rings. The lowest BCUT2D eigenvalue weighted by Gasteiger charge is -2.41. The predicted octanol–water partition coefficient (Wildman–Crippen LogP) is 3.63. The highest BCUT2D eigenvalue weighted by atomic mass is 16.5. The second kappa shape index (κ2) is 37.6. The van der Waals surface area contributed by atoms with Crippen molar-refractivity contribution in [3.63, 3.8) is 0 Å². The number of amides is 9. The normalized spacial score (nSPS) is 17.6. The van der Waals surface area contributed by atoms with Crippen molar-refractivity contribution in [2.75, 3.05) is 80.5 Å². The first-order chi connectivity index (χ1) is 43.1. The van der Waals surface area contributed by atoms with E-state index in [1.165, 1.54) is 14.2 Å². The van der Waals surface area contributed by atoms with Crippen LogP contribution in [0.3, 0.4) is 0 Å². The fourth-order valence-electron chi connectivity index (χ4n) is 11.7. The Kier molecular flexibility index (Phi) is 30.6. The second-order valence-corrected chi connectivity index (χ2v) is 23.9. The third-order valence-electron chi connectivity index (χ3n) is 16.7. The molecule has 0 radical (unpaired) electrons. The molecule has 0 aliphatic carbocycles. The molecule has 3 aromatic carbocycles. The lowest BCUT2D eigenvalue weighted by atomic mass is 9.89. The average Bonchev–Trinajstić information content (AvgIpc) is 1.55. The highest BCUT2D eigenvalue weighted by molar-refractivity contribution is 5.93. The monoisotopic (exact) mass is 1250 g/mol. The Morgan fingerprint density at radius 3 is 1.86 bits per heavy atom. The number of likely N-dealkylation sites (N-methyl/N-ethyl adjacent to an activating group) is 1. The van der Waals surface area contributed by atoms with Crippen LogP contribution in [0.1, 0.15) is 104 Å². The highest BCUT2D eigenvalue weighted by Gasteiger charge is 2.44. The number of carbonyl (C=O) groups excluding carboxylic acids is 9. The van der Waals surface area contributed by atoms with Gasteiger partial charge in [-0.05, 0) is 54.2 Å². The van der Waals surface area contributed by atoms with Crippen LogP contribution in [0.15, 0.2) is 91.0 Å². The van der Waals surface area contributed by atoms with Gasteiger partial charge >= 0.3 is 6.09 Å². The summed E-state index contributed by atoms with van der Waals surface area (Å²) >= 11 is 0. The van der Waals surface area contributed by atoms with Crippen molar-refractivity contribution in [3.05, 3.63) is 108 Å². The molecule has 2 saturated heterocycles. The molecule has 9 amide bonds. The molecule has 7 N–H and O–H groups in total. The molecule has 2 fully saturated rings. The van der Waals surface area contributed by atoms with Crippen molar-refractivity contribution < 1.29 is 66.8 Å². The van der Waals surface area contributed by atoms with Gasteiger partial charge in [0.05, 0.1) is 75.0 Å². The first kappa shape index (κ1) is 73.2. The van der Waals surface area contributed by atoms with Crippen LogP contribution in [0.5, 0.6) is 0 Å². The van der Waals surface area contributed by atoms with E-state index >= 15 is 0 Å². The minimum atomic E-state index is -1.15. The van der Waals surface area contributed by atoms with Crippen LogP contribution in [0.25, 0.3) is 0 Å². The number of carbonyl (C=O) groups is 9. The first-order valence-electron chi connectivity index (χ1n) is 31.4. The lowest BCUT2D eigenvalue weighted by Crippen LogP contribution is -2.61. The summed E-state index contributed by atoms with van der Waals surface area (Å²) in [6.45, 7) is 16.3. The summed E-state index contributed by atoms with van der Waals surface area (Å²) in [5.74, 6) is -4.80. The molecule has 24 heteroatoms. The van der Waals surface area contributed by atoms with E-state index in [1.807, 2.05) is 77.9 Å². The van der Waals surface area contributed by atoms with Gasteiger partial charge in [0.1, 0.15) is 38.1 Å². The van der Waals surface area contributed by atoms with E-state index in [1.54, 1.807) is 85.3 Å². The second-order valence-electron chi connectivity index (χ2n) is 23.9. The molecule has 0 unspecified atom stereocenters. The van der Waals surface area contributed by atoms with Gasteiger partial charge < -0.3 is 70.7 Å². The molecule has 5 rings (SSSR count). The Morgan fingerprint density at radius 1 is 0.656 bits per heavy atom. The van der Waals surface area contributed by atoms with Gasteiger partial charge in [-0.1, -0.05) is 146 Å². The van der Waals surface area contributed by atoms with Gasteiger partial charge in [0.2, 0.25) is 47.3 Å². The molecule has 2 aliphatic heterocycles. The third-order valence-corrected chi connectivity index (χ3v) is 16.7. The summed E-state index contributed by atoms with van der Waals surface area (Å²) in [6, 6.07) is 22.9. The van der Waals surface area contributed by atoms with Crippen LogP contribution < -0.4 is 37.2 Å². The third kappa shape index (κ3) is 22.5. The highest BCUT2D eigenvalue weighted by Crippen LogP contribution is 2.31. The molecule has 0 spiro atoms. The maximum absolute atomic E-state index is 14.6. The van der Waals surface area contributed by atoms with Gasteiger partial charge in [0.15, 0.2) is 0 Å². The molecule has 24 nitrogen and oxygen atoms in total. The number of nitrogens with zero attached hydrogens (tertiary/aromatic N) is 3. The number of morpholine rings is 1. The zero-order valence-electron chi connectivity index (χ0n) is 54.3. The van der Waals surface area contributed by atoms with Crippen LogP contribution in [0, 0.1) is 23.7 Å². The van der Waals surface area contributed by atoms with Gasteiger partial charge in [0, 0.05) is 47.3 Å². The smallest absolute Gasteiger partial charge is 0.407 e. The SMILES string of the molecule is CC[C@H](C)[C@@H]([C@@H](CC(=O)N1CCC[C@H]1[C@H](OC)[C@@H](C)C(=O)N[C@H](C)[C@@H](OCNC(=O)CNC(=O)[C@H](Cc1ccccc1)NC(=O)CNC(=O)CNC(=O)OCc1ccccc1)c1ccccc1)OC)N(C)C(=O)[C@@H](NC(=O)[C@H](C(C)C)N1CCOCC1)C(C)C. The van der Waals surface area contributed by atoms with E-state index in [0.717, 1.165) is 5.56 Å². The van der Waals surface area contributed by atoms with Crippen molar-refractivity contribution in [3.8, 4) is 0 Å². The number of rotatable bonds is 35. The summed E-state index contributed by atoms with van der Waals surface area (Å²) < 4.78 is 29.1. The topological polar surface area (TPSA) is 294 Å². The molecule has 0 bridgehead atoms. The number of nitrogens with one attached hydrogen (secondary N) is 7. The van der Waals surface area contributed by atoms with E-state index < -0.39 is 110 Å². The van der Waals surface area contributed by atoms with Crippen molar-refractivity contribution in [1.29, 1.82) is 0 Å². The summed E-state index contributed by atoms with van der Waals surface area (Å²) in [5.41, 5.74) is 2.18. The van der Waals surface area contributed by atoms with Gasteiger partial charge in [-0.2, -0.15) is 0 Å². The maximum atomic E-state index is 14.6. The van der Waals surface area contributed by atoms with Crippen molar-refractivity contribution >= 4 is 53.4 Å². The quantitative estimate of drug-likeness (QED) is 0.0414. The van der Waals surface area contributed by atoms with Crippen molar-refractivity contribution in [1.82, 2.24) is 51.9 Å². The fourth-order valence-corrected chi connectivity index (χ4v) is 11.7. The molecule has 90 heavy (non-hydrogen) atoms. The summed E-state index contributed by atoms with van der Waals surface area (Å²) in [6.07, 6.45) is -1.08. The van der Waals surface area contributed by atoms with Crippen molar-refractivity contribution in [2.24, 2.45) is 23.7 Å². The first-order valence-corrected chi connectivity index (χ1v) is 31.4. The summed E-state index contributed by atoms with van der Waals surface area (Å²) in [5, 5.41) is 18.8. The summed E-state index contributed by atoms with van der Waals surface area (Å²) in [7, 11) is 4.78. The van der Waals surface area contributed by atoms with E-state index in [-0.39, 0.29) is 67.6 Å². The standard InChI is InChI=1S/C66H98N10O14/c1-12-44(6)59(74(9)65(84)57(42(2)3)73-64(83)58(43(4)5)75-31-33-88-34-32-75)52(86-10)36-56(80)76-30-22-29-51(76)60(87-11)45(7)62(81)71-46(8)61(49-27-20-15-21-28-49)90-41-70-54(78)37-68-63(82)50(35-47-23-16-13-17-24-47)72-55(79)39-67-53(77)38-69-66(85)89-40-48-25-18-14-19-26-48/h13-21,23-28,42-46,50-52,57-61H,12,22,29-41H2,1-11H3,(H,67,77)(H,68,82)(H,69,85)(H,70,78)(H,71,81)(H,72,79)(H,73,83)/t44-,45+,46+,50-,51-,52+,57-,58-,59-,60+,61+/m0/s1. The van der Waals surface area contributed by atoms with Crippen LogP contribution >= 0.6 is 0 Å². The Balaban J connectivity index is 1.16. The zero-order chi connectivity index (χ0) is 65.9. The minimum Gasteiger partial charge on any atom is -0.445 e. The Labute approximate surface area is 530 Å². The van der Waals surface area contributed by atoms with E-state index in [2.05, 4.69) is 42.1 Å². The van der Waals surface area contributed by atoms with Crippen LogP contribution in [-0.4, -0.2) is 197 Å². The number of benzene rings is 3. The fraction of sp³-hybridized carbons (Fsp3) is 0.591. The zero-order valence-corrected chi connectivity index (χ0v) is 54.3. The van der Waals surface area contributed by atoms with Gasteiger partial charge in [-0.15, -0.1) is 0 Å². The number of methoxy groups -OCH3 is 2. The molecule has 11 atom stereocenters. The molecule has 0 aromatic heterocycles. The molecule has 496 valence electrons. The van der Waals surface area contributed by atoms with Crippen LogP contribution in [0.2, 0.25) is 0 Å². The minimum absolute atomic E-state index is 0.00453. The van der Waals surface area contributed by atoms with Gasteiger partial charge in [-0.3, -0.25) is 43.3 Å². The number of hydrogen-bond donors (Lipinski definition) is 7. The van der Waals surface area contributed by atoms with Crippen LogP contribution in [0.4, 0.5) is 4.79 Å². The van der Waals surface area contributed by atoms with E-state index in [9.17, 15) is 43.2 Å². The number of likely N-dealkylation sites (tertiary alicyclic amines) is 1. The van der Waals surface area contributed by atoms with Gasteiger partial charge in [0.25, 0.3) is 0 Å². The Bertz CT molecular complexity index is 2760. The lowest BCUT2D eigenvalue weighted by molar-refractivity contribution is -0.148. The number of alkyl carbamates (subject to hydrolysis) is 1. The molecule has 2 heterocycles. The number of ether oxygens (including phenoxy) is 5. The molecular weight excluding hydrogens is 1160 g/mol. The molecule has 0 saturated carbocycles. The molecule has 3 aromatic rings.